The van der Waals surface area contributed by atoms with E-state index in [1.165, 1.54) is 4.90 Å². The summed E-state index contributed by atoms with van der Waals surface area (Å²) in [7, 11) is 0. The van der Waals surface area contributed by atoms with Crippen molar-refractivity contribution >= 4 is 29.3 Å². The lowest BCUT2D eigenvalue weighted by Gasteiger charge is -2.34. The van der Waals surface area contributed by atoms with Crippen molar-refractivity contribution in [1.82, 2.24) is 4.90 Å². The lowest BCUT2D eigenvalue weighted by Crippen LogP contribution is -2.42. The van der Waals surface area contributed by atoms with Gasteiger partial charge in [0.1, 0.15) is 0 Å². The first-order valence-corrected chi connectivity index (χ1v) is 8.58. The summed E-state index contributed by atoms with van der Waals surface area (Å²) in [4.78, 5) is 12.8. The second-order valence-corrected chi connectivity index (χ2v) is 8.03. The molecule has 1 saturated heterocycles. The number of ether oxygens (including phenoxy) is 1. The van der Waals surface area contributed by atoms with Crippen molar-refractivity contribution in [2.24, 2.45) is 11.3 Å². The van der Waals surface area contributed by atoms with Crippen LogP contribution in [0, 0.1) is 11.3 Å². The minimum atomic E-state index is -1.01. The summed E-state index contributed by atoms with van der Waals surface area (Å²) in [6.45, 7) is 6.27. The Hall–Kier alpha value is -1.01. The standard InChI is InChI=1S/C17H23Cl2NO4/c1-17(2,3)14-8-20(16(22)23)7-11(9-21)15(24-14)10-4-5-12(18)13(19)6-10/h4-6,11,14-15,21H,7-9H2,1-3H3,(H,22,23)/t11-,14?,15+/m1/s1. The van der Waals surface area contributed by atoms with Crippen LogP contribution >= 0.6 is 23.2 Å². The molecular weight excluding hydrogens is 353 g/mol. The van der Waals surface area contributed by atoms with E-state index in [0.29, 0.717) is 10.0 Å². The fraction of sp³-hybridized carbons (Fsp3) is 0.588. The topological polar surface area (TPSA) is 70.0 Å². The maximum Gasteiger partial charge on any atom is 0.407 e. The van der Waals surface area contributed by atoms with Gasteiger partial charge in [-0.2, -0.15) is 0 Å². The van der Waals surface area contributed by atoms with Crippen LogP contribution in [0.2, 0.25) is 10.0 Å². The fourth-order valence-corrected chi connectivity index (χ4v) is 3.12. The molecule has 1 aromatic rings. The monoisotopic (exact) mass is 375 g/mol. The molecule has 0 saturated carbocycles. The summed E-state index contributed by atoms with van der Waals surface area (Å²) in [6.07, 6.45) is -1.79. The molecule has 2 rings (SSSR count). The Morgan fingerprint density at radius 2 is 1.96 bits per heavy atom. The van der Waals surface area contributed by atoms with Gasteiger partial charge in [-0.1, -0.05) is 50.0 Å². The highest BCUT2D eigenvalue weighted by Crippen LogP contribution is 2.38. The van der Waals surface area contributed by atoms with Crippen molar-refractivity contribution in [2.75, 3.05) is 19.7 Å². The number of hydrogen-bond donors (Lipinski definition) is 2. The first kappa shape index (κ1) is 19.3. The average Bonchev–Trinajstić information content (AvgIpc) is 2.69. The Morgan fingerprint density at radius 3 is 2.46 bits per heavy atom. The molecule has 1 amide bonds. The minimum absolute atomic E-state index is 0.189. The summed E-state index contributed by atoms with van der Waals surface area (Å²) in [6, 6.07) is 5.20. The maximum atomic E-state index is 11.5. The molecule has 0 spiro atoms. The van der Waals surface area contributed by atoms with Gasteiger partial charge in [0.2, 0.25) is 0 Å². The summed E-state index contributed by atoms with van der Waals surface area (Å²) < 4.78 is 6.27. The molecule has 0 aromatic heterocycles. The smallest absolute Gasteiger partial charge is 0.407 e. The highest BCUT2D eigenvalue weighted by Gasteiger charge is 2.39. The predicted molar refractivity (Wildman–Crippen MR) is 93.7 cm³/mol. The lowest BCUT2D eigenvalue weighted by molar-refractivity contribution is -0.0827. The van der Waals surface area contributed by atoms with Crippen molar-refractivity contribution in [2.45, 2.75) is 33.0 Å². The number of carbonyl (C=O) groups is 1. The van der Waals surface area contributed by atoms with Gasteiger partial charge in [-0.05, 0) is 23.1 Å². The molecule has 1 aliphatic rings. The SMILES string of the molecule is CC(C)(C)C1CN(C(=O)O)C[C@H](CO)[C@H](c2ccc(Cl)c(Cl)c2)O1. The van der Waals surface area contributed by atoms with Gasteiger partial charge in [0.05, 0.1) is 35.4 Å². The molecule has 134 valence electrons. The molecule has 1 unspecified atom stereocenters. The van der Waals surface area contributed by atoms with Crippen LogP contribution in [0.15, 0.2) is 18.2 Å². The van der Waals surface area contributed by atoms with Crippen LogP contribution in [0.3, 0.4) is 0 Å². The van der Waals surface area contributed by atoms with Crippen LogP contribution in [-0.2, 0) is 4.74 Å². The number of halogens is 2. The first-order valence-electron chi connectivity index (χ1n) is 7.82. The van der Waals surface area contributed by atoms with Crippen LogP contribution in [0.1, 0.15) is 32.4 Å². The van der Waals surface area contributed by atoms with Gasteiger partial charge in [-0.25, -0.2) is 4.79 Å². The van der Waals surface area contributed by atoms with E-state index in [1.54, 1.807) is 18.2 Å². The number of rotatable bonds is 2. The highest BCUT2D eigenvalue weighted by atomic mass is 35.5. The van der Waals surface area contributed by atoms with E-state index in [2.05, 4.69) is 0 Å². The third kappa shape index (κ3) is 4.33. The Labute approximate surface area is 152 Å². The molecule has 0 bridgehead atoms. The lowest BCUT2D eigenvalue weighted by atomic mass is 9.88. The van der Waals surface area contributed by atoms with Gasteiger partial charge in [0.25, 0.3) is 0 Å². The number of amides is 1. The first-order chi connectivity index (χ1) is 11.1. The van der Waals surface area contributed by atoms with Crippen LogP contribution < -0.4 is 0 Å². The number of carboxylic acid groups (broad SMARTS) is 1. The molecule has 5 nitrogen and oxygen atoms in total. The summed E-state index contributed by atoms with van der Waals surface area (Å²) >= 11 is 12.1. The molecule has 1 fully saturated rings. The molecule has 1 heterocycles. The van der Waals surface area contributed by atoms with Crippen LogP contribution in [0.25, 0.3) is 0 Å². The Morgan fingerprint density at radius 1 is 1.29 bits per heavy atom. The van der Waals surface area contributed by atoms with Crippen molar-refractivity contribution < 1.29 is 19.7 Å². The molecule has 0 aliphatic carbocycles. The van der Waals surface area contributed by atoms with Gasteiger partial charge < -0.3 is 19.8 Å². The van der Waals surface area contributed by atoms with Crippen LogP contribution in [0.5, 0.6) is 0 Å². The van der Waals surface area contributed by atoms with Crippen molar-refractivity contribution in [1.29, 1.82) is 0 Å². The molecular formula is C17H23Cl2NO4. The Kier molecular flexibility index (Phi) is 6.02. The minimum Gasteiger partial charge on any atom is -0.465 e. The molecule has 3 atom stereocenters. The Balaban J connectivity index is 2.42. The highest BCUT2D eigenvalue weighted by molar-refractivity contribution is 6.42. The second kappa shape index (κ2) is 7.48. The number of aliphatic hydroxyl groups excluding tert-OH is 1. The van der Waals surface area contributed by atoms with E-state index in [1.807, 2.05) is 20.8 Å². The number of benzene rings is 1. The summed E-state index contributed by atoms with van der Waals surface area (Å²) in [5.74, 6) is -0.384. The molecule has 24 heavy (non-hydrogen) atoms. The maximum absolute atomic E-state index is 11.5. The third-order valence-corrected chi connectivity index (χ3v) is 5.06. The van der Waals surface area contributed by atoms with Gasteiger partial charge in [0.15, 0.2) is 0 Å². The van der Waals surface area contributed by atoms with Crippen LogP contribution in [-0.4, -0.2) is 47.0 Å². The molecule has 1 aromatic carbocycles. The van der Waals surface area contributed by atoms with E-state index >= 15 is 0 Å². The van der Waals surface area contributed by atoms with E-state index in [4.69, 9.17) is 27.9 Å². The molecule has 0 radical (unpaired) electrons. The van der Waals surface area contributed by atoms with Gasteiger partial charge in [-0.3, -0.25) is 0 Å². The van der Waals surface area contributed by atoms with Crippen molar-refractivity contribution in [3.05, 3.63) is 33.8 Å². The van der Waals surface area contributed by atoms with E-state index in [-0.39, 0.29) is 37.1 Å². The zero-order valence-electron chi connectivity index (χ0n) is 14.0. The van der Waals surface area contributed by atoms with Crippen LogP contribution in [0.4, 0.5) is 4.79 Å². The summed E-state index contributed by atoms with van der Waals surface area (Å²) in [5.41, 5.74) is 0.525. The number of aliphatic hydroxyl groups is 1. The van der Waals surface area contributed by atoms with Gasteiger partial charge >= 0.3 is 6.09 Å². The van der Waals surface area contributed by atoms with Crippen molar-refractivity contribution in [3.8, 4) is 0 Å². The molecule has 7 heteroatoms. The largest absolute Gasteiger partial charge is 0.465 e. The third-order valence-electron chi connectivity index (χ3n) is 4.32. The second-order valence-electron chi connectivity index (χ2n) is 7.22. The normalized spacial score (nSPS) is 25.4. The zero-order valence-corrected chi connectivity index (χ0v) is 15.5. The number of nitrogens with zero attached hydrogens (tertiary/aromatic N) is 1. The average molecular weight is 376 g/mol. The number of hydrogen-bond acceptors (Lipinski definition) is 3. The van der Waals surface area contributed by atoms with E-state index < -0.39 is 12.2 Å². The van der Waals surface area contributed by atoms with Gasteiger partial charge in [0, 0.05) is 12.5 Å². The van der Waals surface area contributed by atoms with E-state index in [9.17, 15) is 15.0 Å². The fourth-order valence-electron chi connectivity index (χ4n) is 2.81. The summed E-state index contributed by atoms with van der Waals surface area (Å²) in [5, 5.41) is 20.1. The quantitative estimate of drug-likeness (QED) is 0.817. The predicted octanol–water partition coefficient (Wildman–Crippen LogP) is 4.07. The zero-order chi connectivity index (χ0) is 18.1. The van der Waals surface area contributed by atoms with Gasteiger partial charge in [-0.15, -0.1) is 0 Å². The van der Waals surface area contributed by atoms with E-state index in [0.717, 1.165) is 5.56 Å². The van der Waals surface area contributed by atoms with Crippen molar-refractivity contribution in [3.63, 3.8) is 0 Å². The molecule has 1 aliphatic heterocycles. The molecule has 2 N–H and O–H groups in total. The Bertz CT molecular complexity index is 603.